The minimum Gasteiger partial charge on any atom is -0.378 e. The van der Waals surface area contributed by atoms with Gasteiger partial charge in [-0.2, -0.15) is 0 Å². The molecule has 2 atom stereocenters. The van der Waals surface area contributed by atoms with Crippen LogP contribution in [0.1, 0.15) is 13.3 Å². The van der Waals surface area contributed by atoms with E-state index in [1.54, 1.807) is 6.92 Å². The van der Waals surface area contributed by atoms with Gasteiger partial charge >= 0.3 is 0 Å². The zero-order valence-corrected chi connectivity index (χ0v) is 9.49. The lowest BCUT2D eigenvalue weighted by molar-refractivity contribution is -0.0453. The van der Waals surface area contributed by atoms with Crippen molar-refractivity contribution in [3.8, 4) is 0 Å². The summed E-state index contributed by atoms with van der Waals surface area (Å²) >= 11 is 0. The van der Waals surface area contributed by atoms with E-state index in [1.165, 1.54) is 0 Å². The van der Waals surface area contributed by atoms with Gasteiger partial charge in [-0.25, -0.2) is 4.39 Å². The Balaban J connectivity index is 1.75. The highest BCUT2D eigenvalue weighted by Gasteiger charge is 2.29. The molecule has 4 heteroatoms. The standard InChI is InChI=1S/C11H21FN2O/c1-10(12)2-3-13-4-5-14-6-7-15-9-11(14)8-13/h10-11H,2-9H2,1H3. The van der Waals surface area contributed by atoms with Gasteiger partial charge in [0.2, 0.25) is 0 Å². The molecule has 15 heavy (non-hydrogen) atoms. The third-order valence-electron chi connectivity index (χ3n) is 3.36. The Hall–Kier alpha value is -0.190. The van der Waals surface area contributed by atoms with Gasteiger partial charge in [0.1, 0.15) is 0 Å². The molecule has 88 valence electrons. The highest BCUT2D eigenvalue weighted by molar-refractivity contribution is 4.84. The lowest BCUT2D eigenvalue weighted by atomic mass is 10.1. The monoisotopic (exact) mass is 216 g/mol. The number of fused-ring (bicyclic) bond motifs is 1. The molecular weight excluding hydrogens is 195 g/mol. The number of ether oxygens (including phenoxy) is 1. The fraction of sp³-hybridized carbons (Fsp3) is 1.00. The van der Waals surface area contributed by atoms with Gasteiger partial charge in [0.15, 0.2) is 0 Å². The molecule has 0 saturated carbocycles. The van der Waals surface area contributed by atoms with E-state index in [0.29, 0.717) is 12.5 Å². The Morgan fingerprint density at radius 2 is 2.27 bits per heavy atom. The molecule has 2 fully saturated rings. The van der Waals surface area contributed by atoms with Gasteiger partial charge in [0, 0.05) is 38.8 Å². The Morgan fingerprint density at radius 3 is 3.07 bits per heavy atom. The molecule has 0 aromatic heterocycles. The summed E-state index contributed by atoms with van der Waals surface area (Å²) in [5, 5.41) is 0. The van der Waals surface area contributed by atoms with Crippen LogP contribution in [-0.2, 0) is 4.74 Å². The van der Waals surface area contributed by atoms with Crippen LogP contribution in [0.25, 0.3) is 0 Å². The molecule has 2 aliphatic rings. The summed E-state index contributed by atoms with van der Waals surface area (Å²) in [7, 11) is 0. The van der Waals surface area contributed by atoms with Gasteiger partial charge in [0.25, 0.3) is 0 Å². The van der Waals surface area contributed by atoms with Crippen molar-refractivity contribution in [3.05, 3.63) is 0 Å². The normalized spacial score (nSPS) is 31.2. The topological polar surface area (TPSA) is 15.7 Å². The number of morpholine rings is 1. The fourth-order valence-corrected chi connectivity index (χ4v) is 2.37. The predicted octanol–water partition coefficient (Wildman–Crippen LogP) is 0.751. The number of hydrogen-bond donors (Lipinski definition) is 0. The maximum atomic E-state index is 12.7. The first-order valence-corrected chi connectivity index (χ1v) is 5.94. The average Bonchev–Trinajstić information content (AvgIpc) is 2.26. The van der Waals surface area contributed by atoms with Crippen LogP contribution in [0.5, 0.6) is 0 Å². The molecule has 0 bridgehead atoms. The van der Waals surface area contributed by atoms with Crippen molar-refractivity contribution in [2.24, 2.45) is 0 Å². The first kappa shape index (κ1) is 11.3. The van der Waals surface area contributed by atoms with Crippen molar-refractivity contribution in [1.82, 2.24) is 9.80 Å². The fourth-order valence-electron chi connectivity index (χ4n) is 2.37. The lowest BCUT2D eigenvalue weighted by Gasteiger charge is -2.43. The largest absolute Gasteiger partial charge is 0.378 e. The second-order valence-electron chi connectivity index (χ2n) is 4.63. The molecule has 3 nitrogen and oxygen atoms in total. The molecule has 0 aliphatic carbocycles. The van der Waals surface area contributed by atoms with Crippen molar-refractivity contribution in [2.45, 2.75) is 25.6 Å². The van der Waals surface area contributed by atoms with Crippen molar-refractivity contribution in [1.29, 1.82) is 0 Å². The maximum Gasteiger partial charge on any atom is 0.0985 e. The van der Waals surface area contributed by atoms with Crippen LogP contribution in [0.15, 0.2) is 0 Å². The van der Waals surface area contributed by atoms with Crippen molar-refractivity contribution >= 4 is 0 Å². The summed E-state index contributed by atoms with van der Waals surface area (Å²) in [5.41, 5.74) is 0. The molecule has 2 saturated heterocycles. The molecule has 0 aromatic carbocycles. The summed E-state index contributed by atoms with van der Waals surface area (Å²) in [6.45, 7) is 8.57. The van der Waals surface area contributed by atoms with Crippen LogP contribution in [0.4, 0.5) is 4.39 Å². The van der Waals surface area contributed by atoms with Crippen molar-refractivity contribution in [2.75, 3.05) is 45.9 Å². The number of alkyl halides is 1. The zero-order valence-electron chi connectivity index (χ0n) is 9.49. The second-order valence-corrected chi connectivity index (χ2v) is 4.63. The number of halogens is 1. The number of piperazine rings is 1. The minimum absolute atomic E-state index is 0.544. The smallest absolute Gasteiger partial charge is 0.0985 e. The lowest BCUT2D eigenvalue weighted by Crippen LogP contribution is -2.58. The molecule has 0 spiro atoms. The summed E-state index contributed by atoms with van der Waals surface area (Å²) in [4.78, 5) is 4.87. The molecular formula is C11H21FN2O. The number of hydrogen-bond acceptors (Lipinski definition) is 3. The third-order valence-corrected chi connectivity index (χ3v) is 3.36. The van der Waals surface area contributed by atoms with Crippen LogP contribution in [0, 0.1) is 0 Å². The highest BCUT2D eigenvalue weighted by atomic mass is 19.1. The van der Waals surface area contributed by atoms with Gasteiger partial charge in [-0.3, -0.25) is 4.90 Å². The minimum atomic E-state index is -0.675. The van der Waals surface area contributed by atoms with Crippen LogP contribution in [0.3, 0.4) is 0 Å². The molecule has 2 heterocycles. The Morgan fingerprint density at radius 1 is 1.40 bits per heavy atom. The van der Waals surface area contributed by atoms with E-state index in [9.17, 15) is 4.39 Å². The van der Waals surface area contributed by atoms with Gasteiger partial charge < -0.3 is 9.64 Å². The first-order valence-electron chi connectivity index (χ1n) is 5.94. The molecule has 2 aliphatic heterocycles. The van der Waals surface area contributed by atoms with E-state index < -0.39 is 6.17 Å². The molecule has 0 aromatic rings. The van der Waals surface area contributed by atoms with Gasteiger partial charge in [-0.05, 0) is 13.3 Å². The summed E-state index contributed by atoms with van der Waals surface area (Å²) in [6, 6.07) is 0.544. The molecule has 2 rings (SSSR count). The molecule has 2 unspecified atom stereocenters. The Bertz CT molecular complexity index is 201. The van der Waals surface area contributed by atoms with E-state index in [1.807, 2.05) is 0 Å². The van der Waals surface area contributed by atoms with Crippen molar-refractivity contribution < 1.29 is 9.13 Å². The highest BCUT2D eigenvalue weighted by Crippen LogP contribution is 2.14. The molecule has 0 N–H and O–H groups in total. The summed E-state index contributed by atoms with van der Waals surface area (Å²) in [5.74, 6) is 0. The summed E-state index contributed by atoms with van der Waals surface area (Å²) < 4.78 is 18.2. The van der Waals surface area contributed by atoms with Crippen LogP contribution in [0.2, 0.25) is 0 Å². The van der Waals surface area contributed by atoms with Gasteiger partial charge in [0.05, 0.1) is 19.4 Å². The maximum absolute atomic E-state index is 12.7. The van der Waals surface area contributed by atoms with E-state index >= 15 is 0 Å². The average molecular weight is 216 g/mol. The first-order chi connectivity index (χ1) is 7.25. The summed E-state index contributed by atoms with van der Waals surface area (Å²) in [6.07, 6.45) is -0.0150. The predicted molar refractivity (Wildman–Crippen MR) is 57.8 cm³/mol. The Kier molecular flexibility index (Phi) is 3.94. The van der Waals surface area contributed by atoms with Crippen LogP contribution >= 0.6 is 0 Å². The van der Waals surface area contributed by atoms with Gasteiger partial charge in [-0.1, -0.05) is 0 Å². The quantitative estimate of drug-likeness (QED) is 0.692. The SMILES string of the molecule is CC(F)CCN1CCN2CCOCC2C1. The molecule has 0 radical (unpaired) electrons. The van der Waals surface area contributed by atoms with E-state index in [-0.39, 0.29) is 0 Å². The van der Waals surface area contributed by atoms with Crippen LogP contribution in [-0.4, -0.2) is 68.0 Å². The number of nitrogens with zero attached hydrogens (tertiary/aromatic N) is 2. The van der Waals surface area contributed by atoms with E-state index in [0.717, 1.165) is 45.9 Å². The number of rotatable bonds is 3. The van der Waals surface area contributed by atoms with E-state index in [2.05, 4.69) is 9.80 Å². The second kappa shape index (κ2) is 5.23. The third kappa shape index (κ3) is 3.13. The van der Waals surface area contributed by atoms with E-state index in [4.69, 9.17) is 4.74 Å². The van der Waals surface area contributed by atoms with Gasteiger partial charge in [-0.15, -0.1) is 0 Å². The van der Waals surface area contributed by atoms with Crippen molar-refractivity contribution in [3.63, 3.8) is 0 Å². The Labute approximate surface area is 91.2 Å². The zero-order chi connectivity index (χ0) is 10.7. The molecule has 0 amide bonds. The van der Waals surface area contributed by atoms with Crippen LogP contribution < -0.4 is 0 Å².